The Balaban J connectivity index is 1.58. The second-order valence-corrected chi connectivity index (χ2v) is 14.9. The summed E-state index contributed by atoms with van der Waals surface area (Å²) in [6.45, 7) is 16.8. The van der Waals surface area contributed by atoms with Crippen LogP contribution in [0.4, 0.5) is 0 Å². The Morgan fingerprint density at radius 3 is 2.29 bits per heavy atom. The quantitative estimate of drug-likeness (QED) is 0.454. The molecule has 0 radical (unpaired) electrons. The van der Waals surface area contributed by atoms with Crippen molar-refractivity contribution in [2.24, 2.45) is 50.6 Å². The third-order valence-electron chi connectivity index (χ3n) is 12.9. The second kappa shape index (κ2) is 7.13. The van der Waals surface area contributed by atoms with Crippen LogP contribution in [-0.2, 0) is 9.59 Å². The molecule has 4 nitrogen and oxygen atoms in total. The maximum atomic E-state index is 12.7. The molecule has 0 spiro atoms. The smallest absolute Gasteiger partial charge is 0.223 e. The number of carbonyl (C=O) groups excluding carboxylic acids is 2. The lowest BCUT2D eigenvalue weighted by Gasteiger charge is -2.69. The summed E-state index contributed by atoms with van der Waals surface area (Å²) < 4.78 is 0. The van der Waals surface area contributed by atoms with Crippen LogP contribution in [0.1, 0.15) is 113 Å². The maximum absolute atomic E-state index is 12.7. The van der Waals surface area contributed by atoms with Gasteiger partial charge in [-0.3, -0.25) is 9.59 Å². The molecule has 0 aromatic carbocycles. The first-order chi connectivity index (χ1) is 15.6. The summed E-state index contributed by atoms with van der Waals surface area (Å²) in [6, 6.07) is 0. The predicted molar refractivity (Wildman–Crippen MR) is 137 cm³/mol. The SMILES string of the molecule is CC1(C)NC(=O)CC[C@]2(C)[C@H]3CC=C4[C@@H]5C[C@@](C)(C(N)=O)CC[C@]5(C)CC[C@@]4(C)[C@]3(C)CC[C@@H]12. The van der Waals surface area contributed by atoms with Crippen molar-refractivity contribution in [3.63, 3.8) is 0 Å². The van der Waals surface area contributed by atoms with Gasteiger partial charge in [-0.15, -0.1) is 0 Å². The first-order valence-electron chi connectivity index (χ1n) is 13.9. The molecule has 190 valence electrons. The van der Waals surface area contributed by atoms with Gasteiger partial charge in [-0.2, -0.15) is 0 Å². The van der Waals surface area contributed by atoms with Gasteiger partial charge in [0.25, 0.3) is 0 Å². The molecule has 5 aliphatic rings. The van der Waals surface area contributed by atoms with Crippen molar-refractivity contribution in [1.82, 2.24) is 5.32 Å². The number of carbonyl (C=O) groups is 2. The van der Waals surface area contributed by atoms with Crippen molar-refractivity contribution in [3.05, 3.63) is 11.6 Å². The Morgan fingerprint density at radius 2 is 1.62 bits per heavy atom. The van der Waals surface area contributed by atoms with Crippen molar-refractivity contribution in [2.75, 3.05) is 0 Å². The van der Waals surface area contributed by atoms with Crippen LogP contribution in [0, 0.1) is 44.8 Å². The number of nitrogens with one attached hydrogen (secondary N) is 1. The monoisotopic (exact) mass is 468 g/mol. The maximum Gasteiger partial charge on any atom is 0.223 e. The van der Waals surface area contributed by atoms with Crippen molar-refractivity contribution in [3.8, 4) is 0 Å². The number of allylic oxidation sites excluding steroid dienone is 2. The van der Waals surface area contributed by atoms with E-state index >= 15 is 0 Å². The highest BCUT2D eigenvalue weighted by Crippen LogP contribution is 2.74. The molecule has 2 amide bonds. The van der Waals surface area contributed by atoms with Crippen molar-refractivity contribution < 1.29 is 9.59 Å². The first-order valence-corrected chi connectivity index (χ1v) is 13.9. The molecule has 3 saturated carbocycles. The Hall–Kier alpha value is -1.32. The lowest BCUT2D eigenvalue weighted by molar-refractivity contribution is -0.158. The topological polar surface area (TPSA) is 72.2 Å². The minimum atomic E-state index is -0.387. The van der Waals surface area contributed by atoms with Crippen LogP contribution >= 0.6 is 0 Å². The van der Waals surface area contributed by atoms with Crippen molar-refractivity contribution in [1.29, 1.82) is 0 Å². The van der Waals surface area contributed by atoms with Gasteiger partial charge in [0, 0.05) is 17.4 Å². The fourth-order valence-corrected chi connectivity index (χ4v) is 10.4. The molecular weight excluding hydrogens is 420 g/mol. The molecule has 3 N–H and O–H groups in total. The molecule has 0 aromatic rings. The lowest BCUT2D eigenvalue weighted by atomic mass is 9.35. The number of primary amides is 1. The molecule has 4 fully saturated rings. The van der Waals surface area contributed by atoms with Gasteiger partial charge in [0.15, 0.2) is 0 Å². The van der Waals surface area contributed by atoms with E-state index in [0.29, 0.717) is 24.2 Å². The Bertz CT molecular complexity index is 953. The number of amides is 2. The van der Waals surface area contributed by atoms with Crippen LogP contribution in [-0.4, -0.2) is 17.4 Å². The first kappa shape index (κ1) is 24.4. The van der Waals surface area contributed by atoms with Gasteiger partial charge in [0.2, 0.25) is 11.8 Å². The predicted octanol–water partition coefficient (Wildman–Crippen LogP) is 6.14. The van der Waals surface area contributed by atoms with Gasteiger partial charge < -0.3 is 11.1 Å². The molecule has 0 unspecified atom stereocenters. The summed E-state index contributed by atoms with van der Waals surface area (Å²) in [4.78, 5) is 25.1. The molecular formula is C30H48N2O2. The Morgan fingerprint density at radius 1 is 0.941 bits per heavy atom. The number of fused-ring (bicyclic) bond motifs is 7. The molecule has 8 atom stereocenters. The van der Waals surface area contributed by atoms with E-state index in [9.17, 15) is 9.59 Å². The molecule has 4 heteroatoms. The van der Waals surface area contributed by atoms with Crippen LogP contribution in [0.2, 0.25) is 0 Å². The van der Waals surface area contributed by atoms with Gasteiger partial charge in [-0.05, 0) is 111 Å². The van der Waals surface area contributed by atoms with E-state index in [1.807, 2.05) is 0 Å². The minimum Gasteiger partial charge on any atom is -0.369 e. The van der Waals surface area contributed by atoms with Crippen LogP contribution in [0.5, 0.6) is 0 Å². The van der Waals surface area contributed by atoms with Crippen LogP contribution in [0.3, 0.4) is 0 Å². The molecule has 1 aliphatic heterocycles. The minimum absolute atomic E-state index is 0.117. The average Bonchev–Trinajstić information content (AvgIpc) is 2.82. The Labute approximate surface area is 207 Å². The lowest BCUT2D eigenvalue weighted by Crippen LogP contribution is -2.64. The van der Waals surface area contributed by atoms with Gasteiger partial charge in [0.1, 0.15) is 0 Å². The fourth-order valence-electron chi connectivity index (χ4n) is 10.4. The highest BCUT2D eigenvalue weighted by Gasteiger charge is 2.67. The summed E-state index contributed by atoms with van der Waals surface area (Å²) in [5, 5.41) is 3.38. The van der Waals surface area contributed by atoms with Gasteiger partial charge in [-0.25, -0.2) is 0 Å². The number of rotatable bonds is 1. The highest BCUT2D eigenvalue weighted by atomic mass is 16.2. The fraction of sp³-hybridized carbons (Fsp3) is 0.867. The van der Waals surface area contributed by atoms with Crippen molar-refractivity contribution in [2.45, 2.75) is 118 Å². The number of hydrogen-bond acceptors (Lipinski definition) is 2. The van der Waals surface area contributed by atoms with Crippen LogP contribution in [0.15, 0.2) is 11.6 Å². The van der Waals surface area contributed by atoms with E-state index < -0.39 is 0 Å². The molecule has 4 aliphatic carbocycles. The normalized spacial score (nSPS) is 52.0. The van der Waals surface area contributed by atoms with E-state index in [0.717, 1.165) is 32.1 Å². The standard InChI is InChI=1S/C30H48N2O2/c1-25(2)21-10-13-30(7)22(28(21,5)12-11-23(33)32-25)9-8-19-20-18-27(4,24(31)34)15-14-26(20,3)16-17-29(19,30)6/h8,20-22H,9-18H2,1-7H3,(H2,31,34)(H,32,33)/t20-,21-,22+,26+,27-,28-,29+,30+/m0/s1. The number of hydrogen-bond donors (Lipinski definition) is 2. The van der Waals surface area contributed by atoms with Crippen molar-refractivity contribution >= 4 is 11.8 Å². The molecule has 0 aromatic heterocycles. The second-order valence-electron chi connectivity index (χ2n) is 14.9. The van der Waals surface area contributed by atoms with E-state index in [-0.39, 0.29) is 44.4 Å². The van der Waals surface area contributed by atoms with Crippen LogP contribution < -0.4 is 11.1 Å². The van der Waals surface area contributed by atoms with E-state index in [1.165, 1.54) is 25.7 Å². The molecule has 1 saturated heterocycles. The van der Waals surface area contributed by atoms with Crippen LogP contribution in [0.25, 0.3) is 0 Å². The molecule has 1 heterocycles. The summed E-state index contributed by atoms with van der Waals surface area (Å²) in [5.41, 5.74) is 7.85. The zero-order valence-electron chi connectivity index (χ0n) is 22.8. The van der Waals surface area contributed by atoms with Gasteiger partial charge in [-0.1, -0.05) is 46.3 Å². The highest BCUT2D eigenvalue weighted by molar-refractivity contribution is 5.80. The van der Waals surface area contributed by atoms with E-state index in [1.54, 1.807) is 5.57 Å². The van der Waals surface area contributed by atoms with Gasteiger partial charge in [0.05, 0.1) is 0 Å². The molecule has 0 bridgehead atoms. The summed E-state index contributed by atoms with van der Waals surface area (Å²) in [5.74, 6) is 1.64. The zero-order valence-corrected chi connectivity index (χ0v) is 22.8. The third kappa shape index (κ3) is 3.01. The number of nitrogens with two attached hydrogens (primary N) is 1. The van der Waals surface area contributed by atoms with Gasteiger partial charge >= 0.3 is 0 Å². The summed E-state index contributed by atoms with van der Waals surface area (Å²) in [6.07, 6.45) is 13.2. The summed E-state index contributed by atoms with van der Waals surface area (Å²) >= 11 is 0. The van der Waals surface area contributed by atoms with E-state index in [2.05, 4.69) is 59.9 Å². The third-order valence-corrected chi connectivity index (χ3v) is 12.9. The van der Waals surface area contributed by atoms with E-state index in [4.69, 9.17) is 5.73 Å². The average molecular weight is 469 g/mol. The summed E-state index contributed by atoms with van der Waals surface area (Å²) in [7, 11) is 0. The molecule has 34 heavy (non-hydrogen) atoms. The molecule has 5 rings (SSSR count). The zero-order chi connectivity index (χ0) is 24.9. The Kier molecular flexibility index (Phi) is 5.11. The largest absolute Gasteiger partial charge is 0.369 e.